The fourth-order valence-electron chi connectivity index (χ4n) is 2.33. The van der Waals surface area contributed by atoms with E-state index in [1.807, 2.05) is 48.5 Å². The summed E-state index contributed by atoms with van der Waals surface area (Å²) in [6, 6.07) is 14.7. The van der Waals surface area contributed by atoms with Crippen LogP contribution in [-0.4, -0.2) is 4.92 Å². The molecule has 1 heterocycles. The zero-order chi connectivity index (χ0) is 14.1. The molecule has 2 aromatic carbocycles. The Morgan fingerprint density at radius 2 is 1.85 bits per heavy atom. The SMILES string of the molecule is O=[N+]([O-])C1=Cc2c(Br)cccc2N[C@H]1c1ccccc1. The highest BCUT2D eigenvalue weighted by Gasteiger charge is 2.31. The van der Waals surface area contributed by atoms with Gasteiger partial charge in [0, 0.05) is 21.8 Å². The van der Waals surface area contributed by atoms with Gasteiger partial charge in [-0.05, 0) is 17.7 Å². The number of anilines is 1. The molecule has 1 atom stereocenters. The molecule has 4 nitrogen and oxygen atoms in total. The summed E-state index contributed by atoms with van der Waals surface area (Å²) in [6.07, 6.45) is 1.63. The maximum absolute atomic E-state index is 11.3. The second-order valence-electron chi connectivity index (χ2n) is 4.52. The first-order chi connectivity index (χ1) is 9.66. The van der Waals surface area contributed by atoms with Crippen LogP contribution in [0.2, 0.25) is 0 Å². The average molecular weight is 331 g/mol. The first-order valence-corrected chi connectivity index (χ1v) is 6.92. The Hall–Kier alpha value is -2.14. The van der Waals surface area contributed by atoms with Crippen LogP contribution in [0.4, 0.5) is 5.69 Å². The minimum atomic E-state index is -0.437. The van der Waals surface area contributed by atoms with Crippen LogP contribution >= 0.6 is 15.9 Å². The molecule has 0 saturated heterocycles. The van der Waals surface area contributed by atoms with Gasteiger partial charge in [-0.1, -0.05) is 52.3 Å². The molecule has 0 amide bonds. The molecule has 3 rings (SSSR count). The smallest absolute Gasteiger partial charge is 0.273 e. The lowest BCUT2D eigenvalue weighted by Gasteiger charge is -2.24. The Morgan fingerprint density at radius 3 is 2.55 bits per heavy atom. The second kappa shape index (κ2) is 5.09. The van der Waals surface area contributed by atoms with Gasteiger partial charge in [0.1, 0.15) is 6.04 Å². The Bertz CT molecular complexity index is 698. The zero-order valence-corrected chi connectivity index (χ0v) is 12.0. The molecule has 1 N–H and O–H groups in total. The van der Waals surface area contributed by atoms with Gasteiger partial charge >= 0.3 is 0 Å². The monoisotopic (exact) mass is 330 g/mol. The van der Waals surface area contributed by atoms with Crippen LogP contribution in [0.15, 0.2) is 58.7 Å². The first-order valence-electron chi connectivity index (χ1n) is 6.13. The molecular weight excluding hydrogens is 320 g/mol. The third-order valence-corrected chi connectivity index (χ3v) is 3.98. The summed E-state index contributed by atoms with van der Waals surface area (Å²) >= 11 is 3.43. The van der Waals surface area contributed by atoms with Crippen LogP contribution < -0.4 is 5.32 Å². The van der Waals surface area contributed by atoms with Crippen molar-refractivity contribution < 1.29 is 4.92 Å². The van der Waals surface area contributed by atoms with Crippen molar-refractivity contribution in [2.24, 2.45) is 0 Å². The molecule has 0 spiro atoms. The van der Waals surface area contributed by atoms with E-state index in [0.29, 0.717) is 0 Å². The van der Waals surface area contributed by atoms with Gasteiger partial charge < -0.3 is 5.32 Å². The van der Waals surface area contributed by atoms with Crippen molar-refractivity contribution in [3.63, 3.8) is 0 Å². The van der Waals surface area contributed by atoms with Gasteiger partial charge in [0.05, 0.1) is 4.92 Å². The molecule has 100 valence electrons. The fourth-order valence-corrected chi connectivity index (χ4v) is 2.81. The molecule has 1 aliphatic heterocycles. The van der Waals surface area contributed by atoms with Gasteiger partial charge in [-0.3, -0.25) is 10.1 Å². The molecule has 20 heavy (non-hydrogen) atoms. The number of fused-ring (bicyclic) bond motifs is 1. The molecule has 2 aromatic rings. The quantitative estimate of drug-likeness (QED) is 0.662. The normalized spacial score (nSPS) is 16.9. The standard InChI is InChI=1S/C15H11BrN2O2/c16-12-7-4-8-13-11(12)9-14(18(19)20)15(17-13)10-5-2-1-3-6-10/h1-9,15,17H/t15-/m0/s1. The first kappa shape index (κ1) is 12.9. The number of rotatable bonds is 2. The number of hydrogen-bond acceptors (Lipinski definition) is 3. The maximum atomic E-state index is 11.3. The molecule has 1 aliphatic rings. The molecule has 0 saturated carbocycles. The maximum Gasteiger partial charge on any atom is 0.273 e. The molecule has 0 bridgehead atoms. The summed E-state index contributed by atoms with van der Waals surface area (Å²) < 4.78 is 0.841. The predicted octanol–water partition coefficient (Wildman–Crippen LogP) is 4.23. The molecule has 0 fully saturated rings. The Labute approximate surface area is 124 Å². The van der Waals surface area contributed by atoms with Gasteiger partial charge in [-0.15, -0.1) is 0 Å². The molecule has 0 radical (unpaired) electrons. The summed E-state index contributed by atoms with van der Waals surface area (Å²) in [5.41, 5.74) is 2.72. The molecule has 0 unspecified atom stereocenters. The third kappa shape index (κ3) is 2.20. The van der Waals surface area contributed by atoms with Crippen LogP contribution in [0, 0.1) is 10.1 Å². The number of nitrogens with one attached hydrogen (secondary N) is 1. The van der Waals surface area contributed by atoms with E-state index in [0.717, 1.165) is 21.3 Å². The van der Waals surface area contributed by atoms with Crippen LogP contribution in [0.5, 0.6) is 0 Å². The molecule has 0 aromatic heterocycles. The minimum Gasteiger partial charge on any atom is -0.368 e. The van der Waals surface area contributed by atoms with Gasteiger partial charge in [-0.25, -0.2) is 0 Å². The number of hydrogen-bond donors (Lipinski definition) is 1. The largest absolute Gasteiger partial charge is 0.368 e. The third-order valence-electron chi connectivity index (χ3n) is 3.28. The lowest BCUT2D eigenvalue weighted by atomic mass is 9.97. The van der Waals surface area contributed by atoms with E-state index >= 15 is 0 Å². The van der Waals surface area contributed by atoms with Gasteiger partial charge in [0.15, 0.2) is 0 Å². The van der Waals surface area contributed by atoms with Crippen LogP contribution in [0.1, 0.15) is 17.2 Å². The summed E-state index contributed by atoms with van der Waals surface area (Å²) in [4.78, 5) is 11.0. The molecular formula is C15H11BrN2O2. The number of nitro groups is 1. The van der Waals surface area contributed by atoms with Crippen molar-refractivity contribution in [1.29, 1.82) is 0 Å². The van der Waals surface area contributed by atoms with E-state index in [1.165, 1.54) is 0 Å². The van der Waals surface area contributed by atoms with Crippen molar-refractivity contribution in [2.75, 3.05) is 5.32 Å². The highest BCUT2D eigenvalue weighted by atomic mass is 79.9. The summed E-state index contributed by atoms with van der Waals surface area (Å²) in [7, 11) is 0. The van der Waals surface area contributed by atoms with E-state index in [1.54, 1.807) is 6.08 Å². The fraction of sp³-hybridized carbons (Fsp3) is 0.0667. The van der Waals surface area contributed by atoms with Crippen molar-refractivity contribution in [1.82, 2.24) is 0 Å². The van der Waals surface area contributed by atoms with E-state index in [2.05, 4.69) is 21.2 Å². The average Bonchev–Trinajstić information content (AvgIpc) is 2.47. The Kier molecular flexibility index (Phi) is 3.28. The van der Waals surface area contributed by atoms with E-state index in [9.17, 15) is 10.1 Å². The van der Waals surface area contributed by atoms with E-state index < -0.39 is 6.04 Å². The number of nitrogens with zero attached hydrogens (tertiary/aromatic N) is 1. The van der Waals surface area contributed by atoms with Gasteiger partial charge in [-0.2, -0.15) is 0 Å². The second-order valence-corrected chi connectivity index (χ2v) is 5.37. The van der Waals surface area contributed by atoms with Crippen molar-refractivity contribution in [3.8, 4) is 0 Å². The van der Waals surface area contributed by atoms with Crippen molar-refractivity contribution in [3.05, 3.63) is 79.9 Å². The number of benzene rings is 2. The van der Waals surface area contributed by atoms with Crippen molar-refractivity contribution >= 4 is 27.7 Å². The molecule has 5 heteroatoms. The Balaban J connectivity index is 2.13. The summed E-state index contributed by atoms with van der Waals surface area (Å²) in [5, 5.41) is 14.6. The highest BCUT2D eigenvalue weighted by molar-refractivity contribution is 9.10. The van der Waals surface area contributed by atoms with Crippen LogP contribution in [-0.2, 0) is 0 Å². The summed E-state index contributed by atoms with van der Waals surface area (Å²) in [5.74, 6) is 0. The minimum absolute atomic E-state index is 0.149. The van der Waals surface area contributed by atoms with E-state index in [-0.39, 0.29) is 10.6 Å². The molecule has 0 aliphatic carbocycles. The summed E-state index contributed by atoms with van der Waals surface area (Å²) in [6.45, 7) is 0. The number of halogens is 1. The lowest BCUT2D eigenvalue weighted by Crippen LogP contribution is -2.22. The predicted molar refractivity (Wildman–Crippen MR) is 81.9 cm³/mol. The van der Waals surface area contributed by atoms with E-state index in [4.69, 9.17) is 0 Å². The van der Waals surface area contributed by atoms with Crippen LogP contribution in [0.25, 0.3) is 6.08 Å². The lowest BCUT2D eigenvalue weighted by molar-refractivity contribution is -0.427. The zero-order valence-electron chi connectivity index (χ0n) is 10.4. The van der Waals surface area contributed by atoms with Gasteiger partial charge in [0.25, 0.3) is 5.70 Å². The Morgan fingerprint density at radius 1 is 1.10 bits per heavy atom. The topological polar surface area (TPSA) is 55.2 Å². The van der Waals surface area contributed by atoms with Crippen LogP contribution in [0.3, 0.4) is 0 Å². The van der Waals surface area contributed by atoms with Crippen molar-refractivity contribution in [2.45, 2.75) is 6.04 Å². The highest BCUT2D eigenvalue weighted by Crippen LogP contribution is 2.38. The van der Waals surface area contributed by atoms with Gasteiger partial charge in [0.2, 0.25) is 0 Å².